The van der Waals surface area contributed by atoms with Crippen LogP contribution in [0.1, 0.15) is 32.1 Å². The molecule has 3 atom stereocenters. The fraction of sp³-hybridized carbons (Fsp3) is 1.00. The van der Waals surface area contributed by atoms with Gasteiger partial charge in [-0.2, -0.15) is 17.0 Å². The summed E-state index contributed by atoms with van der Waals surface area (Å²) < 4.78 is 35.0. The van der Waals surface area contributed by atoms with Gasteiger partial charge in [0.2, 0.25) is 0 Å². The van der Waals surface area contributed by atoms with E-state index in [2.05, 4.69) is 5.32 Å². The maximum Gasteiger partial charge on any atom is 0.282 e. The van der Waals surface area contributed by atoms with Gasteiger partial charge < -0.3 is 10.1 Å². The average molecular weight is 303 g/mol. The van der Waals surface area contributed by atoms with Gasteiger partial charge in [0.15, 0.2) is 0 Å². The molecule has 3 aliphatic rings. The average Bonchev–Trinajstić information content (AvgIpc) is 2.78. The molecule has 1 N–H and O–H groups in total. The highest BCUT2D eigenvalue weighted by Gasteiger charge is 2.43. The van der Waals surface area contributed by atoms with Crippen LogP contribution >= 0.6 is 0 Å². The lowest BCUT2D eigenvalue weighted by molar-refractivity contribution is -0.0138. The summed E-state index contributed by atoms with van der Waals surface area (Å²) in [5, 5.41) is 3.12. The Balaban J connectivity index is 1.75. The molecular weight excluding hydrogens is 278 g/mol. The zero-order valence-electron chi connectivity index (χ0n) is 12.1. The highest BCUT2D eigenvalue weighted by Crippen LogP contribution is 2.30. The van der Waals surface area contributed by atoms with E-state index in [-0.39, 0.29) is 18.2 Å². The minimum atomic E-state index is -3.34. The van der Waals surface area contributed by atoms with Crippen LogP contribution in [-0.2, 0) is 14.9 Å². The topological polar surface area (TPSA) is 61.9 Å². The van der Waals surface area contributed by atoms with Crippen molar-refractivity contribution in [3.63, 3.8) is 0 Å². The second-order valence-electron chi connectivity index (χ2n) is 6.10. The number of fused-ring (bicyclic) bond motifs is 2. The Morgan fingerprint density at radius 2 is 1.85 bits per heavy atom. The molecule has 3 heterocycles. The van der Waals surface area contributed by atoms with Gasteiger partial charge in [-0.1, -0.05) is 6.42 Å². The van der Waals surface area contributed by atoms with Crippen LogP contribution in [-0.4, -0.2) is 68.5 Å². The van der Waals surface area contributed by atoms with Gasteiger partial charge in [-0.05, 0) is 32.7 Å². The summed E-state index contributed by atoms with van der Waals surface area (Å²) in [6.45, 7) is 2.45. The molecule has 0 radical (unpaired) electrons. The van der Waals surface area contributed by atoms with Gasteiger partial charge in [0.1, 0.15) is 0 Å². The highest BCUT2D eigenvalue weighted by atomic mass is 32.2. The summed E-state index contributed by atoms with van der Waals surface area (Å²) in [6, 6.07) is 0.0965. The van der Waals surface area contributed by atoms with E-state index in [0.717, 1.165) is 38.6 Å². The Morgan fingerprint density at radius 1 is 1.15 bits per heavy atom. The number of rotatable bonds is 4. The fourth-order valence-corrected chi connectivity index (χ4v) is 5.55. The van der Waals surface area contributed by atoms with E-state index in [9.17, 15) is 8.42 Å². The Morgan fingerprint density at radius 3 is 2.50 bits per heavy atom. The number of hydrogen-bond acceptors (Lipinski definition) is 4. The normalized spacial score (nSPS) is 36.4. The summed E-state index contributed by atoms with van der Waals surface area (Å²) in [5.74, 6) is 0. The van der Waals surface area contributed by atoms with Gasteiger partial charge in [0.25, 0.3) is 10.2 Å². The van der Waals surface area contributed by atoms with E-state index < -0.39 is 10.2 Å². The molecule has 0 aromatic carbocycles. The minimum Gasteiger partial charge on any atom is -0.372 e. The second kappa shape index (κ2) is 5.88. The summed E-state index contributed by atoms with van der Waals surface area (Å²) in [6.07, 6.45) is 5.25. The Bertz CT molecular complexity index is 428. The van der Waals surface area contributed by atoms with E-state index in [4.69, 9.17) is 4.74 Å². The molecule has 0 aromatic heterocycles. The molecule has 0 spiro atoms. The summed E-state index contributed by atoms with van der Waals surface area (Å²) in [5.41, 5.74) is 0. The Kier molecular flexibility index (Phi) is 4.33. The fourth-order valence-electron chi connectivity index (χ4n) is 3.63. The Hall–Kier alpha value is -0.210. The number of nitrogens with zero attached hydrogens (tertiary/aromatic N) is 2. The number of nitrogens with one attached hydrogen (secondary N) is 1. The van der Waals surface area contributed by atoms with E-state index in [1.54, 1.807) is 8.61 Å². The molecule has 2 bridgehead atoms. The molecule has 7 heteroatoms. The molecule has 116 valence electrons. The van der Waals surface area contributed by atoms with Crippen LogP contribution in [0.2, 0.25) is 0 Å². The molecule has 6 nitrogen and oxygen atoms in total. The van der Waals surface area contributed by atoms with Crippen LogP contribution in [0.4, 0.5) is 0 Å². The molecule has 20 heavy (non-hydrogen) atoms. The maximum absolute atomic E-state index is 12.9. The zero-order chi connectivity index (χ0) is 14.2. The van der Waals surface area contributed by atoms with Crippen molar-refractivity contribution in [2.24, 2.45) is 0 Å². The predicted molar refractivity (Wildman–Crippen MR) is 76.7 cm³/mol. The molecule has 0 aromatic rings. The monoisotopic (exact) mass is 303 g/mol. The highest BCUT2D eigenvalue weighted by molar-refractivity contribution is 7.86. The smallest absolute Gasteiger partial charge is 0.282 e. The lowest BCUT2D eigenvalue weighted by Crippen LogP contribution is -2.56. The lowest BCUT2D eigenvalue weighted by atomic mass is 10.1. The van der Waals surface area contributed by atoms with E-state index >= 15 is 0 Å². The first-order valence-corrected chi connectivity index (χ1v) is 9.08. The number of morpholine rings is 1. The molecule has 3 saturated heterocycles. The molecule has 3 unspecified atom stereocenters. The third kappa shape index (κ3) is 2.74. The first-order valence-electron chi connectivity index (χ1n) is 7.68. The van der Waals surface area contributed by atoms with Gasteiger partial charge in [0, 0.05) is 32.2 Å². The van der Waals surface area contributed by atoms with Gasteiger partial charge in [-0.3, -0.25) is 0 Å². The largest absolute Gasteiger partial charge is 0.372 e. The van der Waals surface area contributed by atoms with Crippen LogP contribution in [0.15, 0.2) is 0 Å². The quantitative estimate of drug-likeness (QED) is 0.804. The third-order valence-corrected chi connectivity index (χ3v) is 6.67. The minimum absolute atomic E-state index is 0.0965. The van der Waals surface area contributed by atoms with Crippen molar-refractivity contribution in [3.8, 4) is 0 Å². The summed E-state index contributed by atoms with van der Waals surface area (Å²) in [7, 11) is -1.45. The van der Waals surface area contributed by atoms with Crippen molar-refractivity contribution in [1.82, 2.24) is 13.9 Å². The standard InChI is InChI=1S/C13H25N3O3S/c1-14-8-11-4-2-3-7-16(11)20(17,18)15-9-12-5-6-13(10-15)19-12/h11-14H,2-10H2,1H3. The summed E-state index contributed by atoms with van der Waals surface area (Å²) >= 11 is 0. The second-order valence-corrected chi connectivity index (χ2v) is 7.98. The molecule has 0 amide bonds. The number of ether oxygens (including phenoxy) is 1. The molecule has 3 rings (SSSR count). The van der Waals surface area contributed by atoms with Crippen LogP contribution in [0.25, 0.3) is 0 Å². The first-order chi connectivity index (χ1) is 9.61. The number of likely N-dealkylation sites (N-methyl/N-ethyl adjacent to an activating group) is 1. The van der Waals surface area contributed by atoms with E-state index in [1.807, 2.05) is 7.05 Å². The van der Waals surface area contributed by atoms with E-state index in [0.29, 0.717) is 19.6 Å². The molecule has 0 saturated carbocycles. The Labute approximate surface area is 121 Å². The molecule has 0 aliphatic carbocycles. The van der Waals surface area contributed by atoms with E-state index in [1.165, 1.54) is 0 Å². The van der Waals surface area contributed by atoms with Crippen molar-refractivity contribution >= 4 is 10.2 Å². The van der Waals surface area contributed by atoms with Gasteiger partial charge in [-0.15, -0.1) is 0 Å². The van der Waals surface area contributed by atoms with Crippen LogP contribution in [0.3, 0.4) is 0 Å². The van der Waals surface area contributed by atoms with Crippen LogP contribution in [0, 0.1) is 0 Å². The molecule has 3 aliphatic heterocycles. The van der Waals surface area contributed by atoms with Gasteiger partial charge >= 0.3 is 0 Å². The number of piperidine rings is 1. The van der Waals surface area contributed by atoms with Gasteiger partial charge in [-0.25, -0.2) is 0 Å². The lowest BCUT2D eigenvalue weighted by Gasteiger charge is -2.40. The predicted octanol–water partition coefficient (Wildman–Crippen LogP) is 0.168. The van der Waals surface area contributed by atoms with Crippen LogP contribution in [0.5, 0.6) is 0 Å². The van der Waals surface area contributed by atoms with Gasteiger partial charge in [0.05, 0.1) is 12.2 Å². The van der Waals surface area contributed by atoms with Crippen molar-refractivity contribution < 1.29 is 13.2 Å². The van der Waals surface area contributed by atoms with Crippen molar-refractivity contribution in [3.05, 3.63) is 0 Å². The third-order valence-electron chi connectivity index (χ3n) is 4.65. The van der Waals surface area contributed by atoms with Crippen LogP contribution < -0.4 is 5.32 Å². The molecule has 3 fully saturated rings. The number of hydrogen-bond donors (Lipinski definition) is 1. The van der Waals surface area contributed by atoms with Crippen molar-refractivity contribution in [2.45, 2.75) is 50.4 Å². The summed E-state index contributed by atoms with van der Waals surface area (Å²) in [4.78, 5) is 0. The van der Waals surface area contributed by atoms with Crippen molar-refractivity contribution in [1.29, 1.82) is 0 Å². The maximum atomic E-state index is 12.9. The van der Waals surface area contributed by atoms with Crippen molar-refractivity contribution in [2.75, 3.05) is 33.2 Å². The SMILES string of the molecule is CNCC1CCCCN1S(=O)(=O)N1CC2CCC(C1)O2. The molecular formula is C13H25N3O3S. The first kappa shape index (κ1) is 14.7. The zero-order valence-corrected chi connectivity index (χ0v) is 12.9.